The zero-order valence-electron chi connectivity index (χ0n) is 9.73. The Morgan fingerprint density at radius 3 is 2.61 bits per heavy atom. The van der Waals surface area contributed by atoms with Gasteiger partial charge in [0.15, 0.2) is 0 Å². The van der Waals surface area contributed by atoms with Gasteiger partial charge in [0.2, 0.25) is 0 Å². The normalized spacial score (nSPS) is 12.2. The fourth-order valence-electron chi connectivity index (χ4n) is 1.46. The topological polar surface area (TPSA) is 48.1 Å². The molecule has 0 radical (unpaired) electrons. The second kappa shape index (κ2) is 5.82. The number of pyridine rings is 1. The number of benzene rings is 1. The van der Waals surface area contributed by atoms with Crippen molar-refractivity contribution < 1.29 is 4.74 Å². The summed E-state index contributed by atoms with van der Waals surface area (Å²) >= 11 is 6.83. The molecule has 0 saturated heterocycles. The van der Waals surface area contributed by atoms with Crippen LogP contribution in [0.4, 0.5) is 0 Å². The molecule has 1 atom stereocenters. The first-order chi connectivity index (χ1) is 8.56. The van der Waals surface area contributed by atoms with Crippen LogP contribution in [-0.2, 0) is 0 Å². The lowest BCUT2D eigenvalue weighted by atomic mass is 10.1. The van der Waals surface area contributed by atoms with Crippen LogP contribution in [0, 0.1) is 0 Å². The molecule has 1 aromatic carbocycles. The first kappa shape index (κ1) is 13.5. The molecule has 2 rings (SSSR count). The Hall–Kier alpha value is -0.910. The molecule has 0 bridgehead atoms. The van der Waals surface area contributed by atoms with Gasteiger partial charge in [0.1, 0.15) is 11.5 Å². The number of hydrogen-bond donors (Lipinski definition) is 1. The van der Waals surface area contributed by atoms with Crippen molar-refractivity contribution in [2.75, 3.05) is 0 Å². The molecule has 2 N–H and O–H groups in total. The monoisotopic (exact) mass is 370 g/mol. The van der Waals surface area contributed by atoms with E-state index in [-0.39, 0.29) is 6.04 Å². The van der Waals surface area contributed by atoms with E-state index in [0.29, 0.717) is 5.75 Å². The Morgan fingerprint density at radius 2 is 2.00 bits per heavy atom. The lowest BCUT2D eigenvalue weighted by molar-refractivity contribution is 0.476. The van der Waals surface area contributed by atoms with Crippen LogP contribution in [0.15, 0.2) is 45.6 Å². The summed E-state index contributed by atoms with van der Waals surface area (Å²) in [6, 6.07) is 7.67. The number of hydrogen-bond acceptors (Lipinski definition) is 3. The van der Waals surface area contributed by atoms with E-state index >= 15 is 0 Å². The van der Waals surface area contributed by atoms with Crippen LogP contribution in [0.25, 0.3) is 0 Å². The first-order valence-electron chi connectivity index (χ1n) is 5.39. The van der Waals surface area contributed by atoms with E-state index in [1.165, 1.54) is 0 Å². The molecule has 2 aromatic rings. The minimum absolute atomic E-state index is 0.00267. The molecule has 18 heavy (non-hydrogen) atoms. The van der Waals surface area contributed by atoms with Gasteiger partial charge in [-0.25, -0.2) is 0 Å². The van der Waals surface area contributed by atoms with Crippen molar-refractivity contribution in [1.82, 2.24) is 4.98 Å². The van der Waals surface area contributed by atoms with Crippen molar-refractivity contribution in [3.05, 3.63) is 51.2 Å². The lowest BCUT2D eigenvalue weighted by Crippen LogP contribution is -2.04. The first-order valence-corrected chi connectivity index (χ1v) is 6.98. The molecular weight excluding hydrogens is 360 g/mol. The molecule has 1 heterocycles. The predicted octanol–water partition coefficient (Wildman–Crippen LogP) is 4.42. The van der Waals surface area contributed by atoms with Gasteiger partial charge in [-0.05, 0) is 62.5 Å². The summed E-state index contributed by atoms with van der Waals surface area (Å²) in [4.78, 5) is 4.05. The largest absolute Gasteiger partial charge is 0.455 e. The van der Waals surface area contributed by atoms with E-state index in [1.54, 1.807) is 12.4 Å². The van der Waals surface area contributed by atoms with Crippen LogP contribution in [0.3, 0.4) is 0 Å². The van der Waals surface area contributed by atoms with E-state index in [9.17, 15) is 0 Å². The molecule has 0 aliphatic heterocycles. The van der Waals surface area contributed by atoms with Gasteiger partial charge in [-0.1, -0.05) is 6.07 Å². The highest BCUT2D eigenvalue weighted by atomic mass is 79.9. The van der Waals surface area contributed by atoms with Gasteiger partial charge in [-0.15, -0.1) is 0 Å². The second-order valence-corrected chi connectivity index (χ2v) is 5.69. The highest BCUT2D eigenvalue weighted by Crippen LogP contribution is 2.32. The molecular formula is C13H12Br2N2O. The SMILES string of the molecule is CC(N)c1ccc(Oc2cncc(Br)c2)c(Br)c1. The number of nitrogens with zero attached hydrogens (tertiary/aromatic N) is 1. The van der Waals surface area contributed by atoms with E-state index < -0.39 is 0 Å². The van der Waals surface area contributed by atoms with Gasteiger partial charge >= 0.3 is 0 Å². The summed E-state index contributed by atoms with van der Waals surface area (Å²) in [6.45, 7) is 1.94. The van der Waals surface area contributed by atoms with Crippen molar-refractivity contribution in [1.29, 1.82) is 0 Å². The minimum atomic E-state index is 0.00267. The van der Waals surface area contributed by atoms with E-state index in [2.05, 4.69) is 36.8 Å². The summed E-state index contributed by atoms with van der Waals surface area (Å²) in [5, 5.41) is 0. The Bertz CT molecular complexity index is 558. The Balaban J connectivity index is 2.24. The van der Waals surface area contributed by atoms with Gasteiger partial charge in [-0.3, -0.25) is 4.98 Å². The minimum Gasteiger partial charge on any atom is -0.455 e. The maximum atomic E-state index is 5.83. The van der Waals surface area contributed by atoms with E-state index in [1.807, 2.05) is 31.2 Å². The molecule has 0 aliphatic carbocycles. The van der Waals surface area contributed by atoms with Crippen LogP contribution in [0.5, 0.6) is 11.5 Å². The van der Waals surface area contributed by atoms with Crippen LogP contribution < -0.4 is 10.5 Å². The third kappa shape index (κ3) is 3.31. The number of halogens is 2. The Labute approximate surface area is 123 Å². The van der Waals surface area contributed by atoms with Crippen molar-refractivity contribution in [3.8, 4) is 11.5 Å². The third-order valence-corrected chi connectivity index (χ3v) is 3.44. The quantitative estimate of drug-likeness (QED) is 0.868. The van der Waals surface area contributed by atoms with E-state index in [4.69, 9.17) is 10.5 Å². The van der Waals surface area contributed by atoms with Crippen molar-refractivity contribution in [2.45, 2.75) is 13.0 Å². The molecule has 5 heteroatoms. The van der Waals surface area contributed by atoms with Crippen LogP contribution in [-0.4, -0.2) is 4.98 Å². The number of aromatic nitrogens is 1. The highest BCUT2D eigenvalue weighted by Gasteiger charge is 2.07. The van der Waals surface area contributed by atoms with Crippen molar-refractivity contribution >= 4 is 31.9 Å². The average molecular weight is 372 g/mol. The molecule has 0 spiro atoms. The molecule has 0 aliphatic rings. The molecule has 1 aromatic heterocycles. The van der Waals surface area contributed by atoms with Gasteiger partial charge in [-0.2, -0.15) is 0 Å². The molecule has 0 amide bonds. The summed E-state index contributed by atoms with van der Waals surface area (Å²) in [5.41, 5.74) is 6.88. The zero-order valence-corrected chi connectivity index (χ0v) is 12.9. The van der Waals surface area contributed by atoms with Crippen LogP contribution in [0.2, 0.25) is 0 Å². The smallest absolute Gasteiger partial charge is 0.146 e. The summed E-state index contributed by atoms with van der Waals surface area (Å²) in [7, 11) is 0. The maximum absolute atomic E-state index is 5.83. The van der Waals surface area contributed by atoms with Gasteiger partial charge in [0.25, 0.3) is 0 Å². The Morgan fingerprint density at radius 1 is 1.22 bits per heavy atom. The highest BCUT2D eigenvalue weighted by molar-refractivity contribution is 9.10. The van der Waals surface area contributed by atoms with Crippen LogP contribution in [0.1, 0.15) is 18.5 Å². The average Bonchev–Trinajstić information content (AvgIpc) is 2.31. The van der Waals surface area contributed by atoms with E-state index in [0.717, 1.165) is 20.3 Å². The number of ether oxygens (including phenoxy) is 1. The third-order valence-electron chi connectivity index (χ3n) is 2.39. The van der Waals surface area contributed by atoms with Crippen molar-refractivity contribution in [3.63, 3.8) is 0 Å². The molecule has 0 fully saturated rings. The molecule has 1 unspecified atom stereocenters. The lowest BCUT2D eigenvalue weighted by Gasteiger charge is -2.11. The van der Waals surface area contributed by atoms with Gasteiger partial charge in [0, 0.05) is 16.7 Å². The van der Waals surface area contributed by atoms with Crippen LogP contribution >= 0.6 is 31.9 Å². The fourth-order valence-corrected chi connectivity index (χ4v) is 2.28. The summed E-state index contributed by atoms with van der Waals surface area (Å²) in [6.07, 6.45) is 3.37. The van der Waals surface area contributed by atoms with Gasteiger partial charge in [0.05, 0.1) is 10.7 Å². The summed E-state index contributed by atoms with van der Waals surface area (Å²) in [5.74, 6) is 1.41. The zero-order chi connectivity index (χ0) is 13.1. The number of rotatable bonds is 3. The molecule has 0 saturated carbocycles. The summed E-state index contributed by atoms with van der Waals surface area (Å²) < 4.78 is 7.50. The second-order valence-electron chi connectivity index (χ2n) is 3.92. The standard InChI is InChI=1S/C13H12Br2N2O/c1-8(16)9-2-3-13(12(15)4-9)18-11-5-10(14)6-17-7-11/h2-8H,16H2,1H3. The molecule has 94 valence electrons. The number of nitrogens with two attached hydrogens (primary N) is 1. The Kier molecular flexibility index (Phi) is 4.37. The maximum Gasteiger partial charge on any atom is 0.146 e. The fraction of sp³-hybridized carbons (Fsp3) is 0.154. The predicted molar refractivity (Wildman–Crippen MR) is 78.8 cm³/mol. The molecule has 3 nitrogen and oxygen atoms in total. The van der Waals surface area contributed by atoms with Gasteiger partial charge < -0.3 is 10.5 Å². The van der Waals surface area contributed by atoms with Crippen molar-refractivity contribution in [2.24, 2.45) is 5.73 Å².